The molecule has 1 aromatic carbocycles. The molecule has 0 spiro atoms. The molecule has 0 aliphatic heterocycles. The van der Waals surface area contributed by atoms with Gasteiger partial charge in [0.1, 0.15) is 12.4 Å². The summed E-state index contributed by atoms with van der Waals surface area (Å²) in [7, 11) is 0. The number of nitrogens with zero attached hydrogens (tertiary/aromatic N) is 3. The van der Waals surface area contributed by atoms with Gasteiger partial charge in [-0.15, -0.1) is 0 Å². The van der Waals surface area contributed by atoms with Crippen LogP contribution >= 0.6 is 0 Å². The number of aromatic nitrogens is 3. The van der Waals surface area contributed by atoms with Crippen LogP contribution in [0.1, 0.15) is 24.7 Å². The summed E-state index contributed by atoms with van der Waals surface area (Å²) in [6.45, 7) is 2.11. The number of amides is 1. The van der Waals surface area contributed by atoms with E-state index in [0.717, 1.165) is 12.0 Å². The lowest BCUT2D eigenvalue weighted by Gasteiger charge is -2.08. The molecule has 1 amide bonds. The second-order valence-electron chi connectivity index (χ2n) is 6.05. The van der Waals surface area contributed by atoms with E-state index in [-0.39, 0.29) is 30.4 Å². The average Bonchev–Trinajstić information content (AvgIpc) is 3.12. The van der Waals surface area contributed by atoms with Crippen molar-refractivity contribution in [2.24, 2.45) is 0 Å². The third-order valence-corrected chi connectivity index (χ3v) is 3.89. The van der Waals surface area contributed by atoms with Crippen LogP contribution in [0.25, 0.3) is 11.5 Å². The molecule has 140 valence electrons. The van der Waals surface area contributed by atoms with Crippen molar-refractivity contribution in [1.82, 2.24) is 20.0 Å². The van der Waals surface area contributed by atoms with Crippen LogP contribution in [0.3, 0.4) is 0 Å². The van der Waals surface area contributed by atoms with Crippen molar-refractivity contribution < 1.29 is 13.7 Å². The smallest absolute Gasteiger partial charge is 0.259 e. The average molecular weight is 370 g/mol. The maximum atomic E-state index is 12.9. The summed E-state index contributed by atoms with van der Waals surface area (Å²) >= 11 is 0. The zero-order valence-corrected chi connectivity index (χ0v) is 14.8. The summed E-state index contributed by atoms with van der Waals surface area (Å²) < 4.78 is 19.4. The van der Waals surface area contributed by atoms with Gasteiger partial charge in [0.05, 0.1) is 5.56 Å². The fourth-order valence-corrected chi connectivity index (χ4v) is 2.49. The Labute approximate surface area is 154 Å². The summed E-state index contributed by atoms with van der Waals surface area (Å²) in [4.78, 5) is 28.5. The summed E-state index contributed by atoms with van der Waals surface area (Å²) in [5.41, 5.74) is 1.01. The molecule has 1 N–H and O–H groups in total. The molecule has 0 aliphatic rings. The lowest BCUT2D eigenvalue weighted by Crippen LogP contribution is -2.31. The number of hydrogen-bond donors (Lipinski definition) is 1. The SMILES string of the molecule is CCCc1noc(-c2ccc(=O)n(CC(=O)NCc3ccc(F)cc3)c2)n1. The maximum absolute atomic E-state index is 12.9. The van der Waals surface area contributed by atoms with Gasteiger partial charge in [0.15, 0.2) is 5.82 Å². The zero-order chi connectivity index (χ0) is 19.2. The molecule has 7 nitrogen and oxygen atoms in total. The molecule has 2 aromatic heterocycles. The fraction of sp³-hybridized carbons (Fsp3) is 0.263. The Morgan fingerprint density at radius 1 is 1.22 bits per heavy atom. The highest BCUT2D eigenvalue weighted by Crippen LogP contribution is 2.15. The van der Waals surface area contributed by atoms with Gasteiger partial charge in [0, 0.05) is 25.2 Å². The molecule has 3 aromatic rings. The van der Waals surface area contributed by atoms with Crippen molar-refractivity contribution in [3.05, 3.63) is 70.2 Å². The van der Waals surface area contributed by atoms with E-state index >= 15 is 0 Å². The Hall–Kier alpha value is -3.29. The van der Waals surface area contributed by atoms with E-state index < -0.39 is 0 Å². The Morgan fingerprint density at radius 2 is 2.00 bits per heavy atom. The molecule has 0 bridgehead atoms. The highest BCUT2D eigenvalue weighted by atomic mass is 19.1. The van der Waals surface area contributed by atoms with Gasteiger partial charge in [-0.2, -0.15) is 4.98 Å². The molecule has 8 heteroatoms. The molecule has 0 unspecified atom stereocenters. The van der Waals surface area contributed by atoms with Crippen molar-refractivity contribution in [2.75, 3.05) is 0 Å². The van der Waals surface area contributed by atoms with Gasteiger partial charge in [-0.25, -0.2) is 4.39 Å². The predicted molar refractivity (Wildman–Crippen MR) is 96.2 cm³/mol. The van der Waals surface area contributed by atoms with E-state index in [9.17, 15) is 14.0 Å². The minimum absolute atomic E-state index is 0.149. The second kappa shape index (κ2) is 8.39. The van der Waals surface area contributed by atoms with Crippen molar-refractivity contribution in [3.8, 4) is 11.5 Å². The maximum Gasteiger partial charge on any atom is 0.259 e. The quantitative estimate of drug-likeness (QED) is 0.689. The molecule has 0 fully saturated rings. The van der Waals surface area contributed by atoms with Crippen molar-refractivity contribution >= 4 is 5.91 Å². The Bertz CT molecular complexity index is 979. The number of benzene rings is 1. The molecular formula is C19H19FN4O3. The Kier molecular flexibility index (Phi) is 5.75. The molecule has 0 aliphatic carbocycles. The fourth-order valence-electron chi connectivity index (χ4n) is 2.49. The Balaban J connectivity index is 1.67. The molecule has 0 radical (unpaired) electrons. The molecular weight excluding hydrogens is 351 g/mol. The Morgan fingerprint density at radius 3 is 2.74 bits per heavy atom. The third-order valence-electron chi connectivity index (χ3n) is 3.89. The van der Waals surface area contributed by atoms with E-state index in [2.05, 4.69) is 15.5 Å². The first-order valence-corrected chi connectivity index (χ1v) is 8.59. The highest BCUT2D eigenvalue weighted by Gasteiger charge is 2.11. The highest BCUT2D eigenvalue weighted by molar-refractivity contribution is 5.75. The van der Waals surface area contributed by atoms with Gasteiger partial charge in [-0.3, -0.25) is 9.59 Å². The molecule has 0 saturated carbocycles. The van der Waals surface area contributed by atoms with Crippen LogP contribution in [0, 0.1) is 5.82 Å². The van der Waals surface area contributed by atoms with E-state index in [1.165, 1.54) is 29.0 Å². The van der Waals surface area contributed by atoms with Crippen molar-refractivity contribution in [2.45, 2.75) is 32.9 Å². The third kappa shape index (κ3) is 4.87. The second-order valence-corrected chi connectivity index (χ2v) is 6.05. The van der Waals surface area contributed by atoms with Crippen LogP contribution in [0.15, 0.2) is 51.9 Å². The minimum Gasteiger partial charge on any atom is -0.350 e. The lowest BCUT2D eigenvalue weighted by atomic mass is 10.2. The molecule has 27 heavy (non-hydrogen) atoms. The van der Waals surface area contributed by atoms with Crippen molar-refractivity contribution in [1.29, 1.82) is 0 Å². The van der Waals surface area contributed by atoms with Crippen LogP contribution in [-0.4, -0.2) is 20.6 Å². The topological polar surface area (TPSA) is 90.0 Å². The van der Waals surface area contributed by atoms with Crippen LogP contribution in [-0.2, 0) is 24.3 Å². The van der Waals surface area contributed by atoms with Crippen LogP contribution in [0.5, 0.6) is 0 Å². The van der Waals surface area contributed by atoms with Crippen LogP contribution in [0.2, 0.25) is 0 Å². The first kappa shape index (κ1) is 18.5. The molecule has 0 saturated heterocycles. The van der Waals surface area contributed by atoms with Crippen LogP contribution in [0.4, 0.5) is 4.39 Å². The van der Waals surface area contributed by atoms with Crippen molar-refractivity contribution in [3.63, 3.8) is 0 Å². The number of hydrogen-bond acceptors (Lipinski definition) is 5. The number of nitrogens with one attached hydrogen (secondary N) is 1. The summed E-state index contributed by atoms with van der Waals surface area (Å²) in [6, 6.07) is 8.77. The normalized spacial score (nSPS) is 10.7. The first-order valence-electron chi connectivity index (χ1n) is 8.59. The monoisotopic (exact) mass is 370 g/mol. The van der Waals surface area contributed by atoms with Gasteiger partial charge in [-0.05, 0) is 30.2 Å². The standard InChI is InChI=1S/C19H19FN4O3/c1-2-3-16-22-19(27-23-16)14-6-9-18(26)24(11-14)12-17(25)21-10-13-4-7-15(20)8-5-13/h4-9,11H,2-3,10,12H2,1H3,(H,21,25). The summed E-state index contributed by atoms with van der Waals surface area (Å²) in [6.07, 6.45) is 3.12. The largest absolute Gasteiger partial charge is 0.350 e. The first-order chi connectivity index (χ1) is 13.0. The van der Waals surface area contributed by atoms with E-state index in [1.54, 1.807) is 18.2 Å². The number of pyridine rings is 1. The number of carbonyl (C=O) groups is 1. The number of halogens is 1. The van der Waals surface area contributed by atoms with Gasteiger partial charge in [-0.1, -0.05) is 24.2 Å². The van der Waals surface area contributed by atoms with E-state index in [4.69, 9.17) is 4.52 Å². The molecule has 0 atom stereocenters. The molecule has 2 heterocycles. The number of rotatable bonds is 7. The van der Waals surface area contributed by atoms with Gasteiger partial charge in [0.2, 0.25) is 5.91 Å². The lowest BCUT2D eigenvalue weighted by molar-refractivity contribution is -0.121. The molecule has 3 rings (SSSR count). The number of aryl methyl sites for hydroxylation is 1. The van der Waals surface area contributed by atoms with Gasteiger partial charge in [0.25, 0.3) is 11.4 Å². The van der Waals surface area contributed by atoms with Crippen LogP contribution < -0.4 is 10.9 Å². The van der Waals surface area contributed by atoms with E-state index in [1.807, 2.05) is 6.92 Å². The summed E-state index contributed by atoms with van der Waals surface area (Å²) in [5.74, 6) is 0.230. The number of carbonyl (C=O) groups excluding carboxylic acids is 1. The zero-order valence-electron chi connectivity index (χ0n) is 14.8. The minimum atomic E-state index is -0.337. The summed E-state index contributed by atoms with van der Waals surface area (Å²) in [5, 5.41) is 6.59. The predicted octanol–water partition coefficient (Wildman–Crippen LogP) is 2.31. The van der Waals surface area contributed by atoms with E-state index in [0.29, 0.717) is 23.7 Å². The van der Waals surface area contributed by atoms with Gasteiger partial charge >= 0.3 is 0 Å². The van der Waals surface area contributed by atoms with Gasteiger partial charge < -0.3 is 14.4 Å².